The molecular formula is C39H51N7O7. The Hall–Kier alpha value is -5.24. The van der Waals surface area contributed by atoms with Crippen molar-refractivity contribution in [3.63, 3.8) is 0 Å². The van der Waals surface area contributed by atoms with Gasteiger partial charge in [-0.3, -0.25) is 28.8 Å². The number of amides is 6. The number of nitrogens with zero attached hydrogens (tertiary/aromatic N) is 1. The van der Waals surface area contributed by atoms with Crippen LogP contribution in [0.2, 0.25) is 0 Å². The number of fused-ring (bicyclic) bond motifs is 2. The standard InChI is InChI=1S/C39H51N7O7/c1-4-28-35(49)45-34(24(3)47)38(52)44-31(21-25-13-6-5-7-14-25)39(53)46-20-12-18-32(46)37(51)40-19-11-10-17-30(36(50)43-28)42-33(48)22-27-23(2)41-29-16-9-8-15-26(27)29/h5-9,13-16,24,28,30-32,34,41,47H,4,10-12,17-22H2,1-3H3,(H,40,51)(H,42,48)(H,43,50)(H,44,52)(H,45,49)/t24-,28+,30+,31-,32+,34+/m1/s1. The van der Waals surface area contributed by atoms with E-state index in [2.05, 4.69) is 31.6 Å². The third kappa shape index (κ3) is 9.80. The van der Waals surface area contributed by atoms with Crippen LogP contribution in [0.1, 0.15) is 69.2 Å². The van der Waals surface area contributed by atoms with Gasteiger partial charge in [0.1, 0.15) is 30.2 Å². The average molecular weight is 730 g/mol. The number of aryl methyl sites for hydroxylation is 1. The number of nitrogens with one attached hydrogen (secondary N) is 6. The molecule has 14 nitrogen and oxygen atoms in total. The van der Waals surface area contributed by atoms with Gasteiger partial charge in [-0.05, 0) is 69.6 Å². The van der Waals surface area contributed by atoms with Crippen LogP contribution in [0.4, 0.5) is 0 Å². The Labute approximate surface area is 309 Å². The first-order chi connectivity index (χ1) is 25.5. The van der Waals surface area contributed by atoms with Gasteiger partial charge < -0.3 is 41.6 Å². The average Bonchev–Trinajstić information content (AvgIpc) is 3.75. The zero-order valence-electron chi connectivity index (χ0n) is 30.6. The van der Waals surface area contributed by atoms with Gasteiger partial charge in [-0.15, -0.1) is 0 Å². The second kappa shape index (κ2) is 18.0. The molecule has 6 amide bonds. The Bertz CT molecular complexity index is 1790. The Balaban J connectivity index is 1.38. The molecule has 2 aliphatic heterocycles. The van der Waals surface area contributed by atoms with Crippen LogP contribution in [0.25, 0.3) is 10.9 Å². The van der Waals surface area contributed by atoms with Crippen molar-refractivity contribution in [1.29, 1.82) is 0 Å². The van der Waals surface area contributed by atoms with E-state index in [4.69, 9.17) is 0 Å². The molecule has 2 saturated heterocycles. The number of aliphatic hydroxyl groups excluding tert-OH is 1. The summed E-state index contributed by atoms with van der Waals surface area (Å²) in [6.07, 6.45) is 1.19. The molecule has 7 N–H and O–H groups in total. The van der Waals surface area contributed by atoms with Gasteiger partial charge in [-0.2, -0.15) is 0 Å². The van der Waals surface area contributed by atoms with Gasteiger partial charge in [0.15, 0.2) is 0 Å². The minimum absolute atomic E-state index is 0.0282. The molecule has 1 aromatic heterocycles. The van der Waals surface area contributed by atoms with Crippen molar-refractivity contribution < 1.29 is 33.9 Å². The van der Waals surface area contributed by atoms with Crippen molar-refractivity contribution in [2.75, 3.05) is 13.1 Å². The van der Waals surface area contributed by atoms with Gasteiger partial charge >= 0.3 is 0 Å². The van der Waals surface area contributed by atoms with E-state index in [-0.39, 0.29) is 44.0 Å². The summed E-state index contributed by atoms with van der Waals surface area (Å²) in [4.78, 5) is 86.7. The highest BCUT2D eigenvalue weighted by Crippen LogP contribution is 2.23. The number of aromatic nitrogens is 1. The number of rotatable bonds is 7. The Morgan fingerprint density at radius 1 is 0.868 bits per heavy atom. The van der Waals surface area contributed by atoms with Crippen LogP contribution in [0.5, 0.6) is 0 Å². The van der Waals surface area contributed by atoms with E-state index >= 15 is 0 Å². The first-order valence-electron chi connectivity index (χ1n) is 18.5. The molecule has 0 aliphatic carbocycles. The second-order valence-electron chi connectivity index (χ2n) is 14.0. The summed E-state index contributed by atoms with van der Waals surface area (Å²) < 4.78 is 0. The van der Waals surface area contributed by atoms with Crippen molar-refractivity contribution in [3.8, 4) is 0 Å². The maximum absolute atomic E-state index is 14.0. The summed E-state index contributed by atoms with van der Waals surface area (Å²) in [5.41, 5.74) is 3.33. The van der Waals surface area contributed by atoms with Gasteiger partial charge in [0.2, 0.25) is 35.4 Å². The highest BCUT2D eigenvalue weighted by atomic mass is 16.3. The molecule has 0 bridgehead atoms. The van der Waals surface area contributed by atoms with Crippen LogP contribution < -0.4 is 26.6 Å². The SMILES string of the molecule is CC[C@@H]1NC(=O)[C@@H](NC(=O)Cc2c(C)[nH]c3ccccc23)CCCCNC(=O)[C@@H]2CCCN2C(=O)[C@@H](Cc2ccccc2)NC(=O)[C@H]([C@@H](C)O)NC1=O. The first-order valence-corrected chi connectivity index (χ1v) is 18.5. The Morgan fingerprint density at radius 2 is 1.58 bits per heavy atom. The fourth-order valence-electron chi connectivity index (χ4n) is 7.14. The van der Waals surface area contributed by atoms with Crippen molar-refractivity contribution in [2.45, 2.75) is 108 Å². The maximum atomic E-state index is 14.0. The van der Waals surface area contributed by atoms with E-state index in [1.807, 2.05) is 61.5 Å². The molecule has 6 atom stereocenters. The Morgan fingerprint density at radius 3 is 2.32 bits per heavy atom. The number of hydrogen-bond donors (Lipinski definition) is 7. The largest absolute Gasteiger partial charge is 0.391 e. The number of aromatic amines is 1. The minimum atomic E-state index is -1.46. The normalized spacial score (nSPS) is 24.5. The van der Waals surface area contributed by atoms with E-state index < -0.39 is 59.9 Å². The number of H-pyrrole nitrogens is 1. The molecule has 0 saturated carbocycles. The summed E-state index contributed by atoms with van der Waals surface area (Å²) in [5, 5.41) is 25.4. The topological polar surface area (TPSA) is 202 Å². The Kier molecular flexibility index (Phi) is 13.2. The number of carbonyl (C=O) groups is 6. The fourth-order valence-corrected chi connectivity index (χ4v) is 7.14. The fraction of sp³-hybridized carbons (Fsp3) is 0.487. The molecule has 0 unspecified atom stereocenters. The quantitative estimate of drug-likeness (QED) is 0.190. The van der Waals surface area contributed by atoms with Crippen LogP contribution in [0.3, 0.4) is 0 Å². The summed E-state index contributed by atoms with van der Waals surface area (Å²) in [7, 11) is 0. The van der Waals surface area contributed by atoms with Gasteiger partial charge in [-0.25, -0.2) is 0 Å². The summed E-state index contributed by atoms with van der Waals surface area (Å²) >= 11 is 0. The van der Waals surface area contributed by atoms with Gasteiger partial charge in [0, 0.05) is 36.1 Å². The molecule has 2 aliphatic rings. The number of carbonyl (C=O) groups excluding carboxylic acids is 6. The first kappa shape index (κ1) is 39.0. The van der Waals surface area contributed by atoms with Crippen LogP contribution in [0, 0.1) is 6.92 Å². The lowest BCUT2D eigenvalue weighted by molar-refractivity contribution is -0.142. The highest BCUT2D eigenvalue weighted by molar-refractivity contribution is 5.97. The van der Waals surface area contributed by atoms with Gasteiger partial charge in [0.25, 0.3) is 0 Å². The van der Waals surface area contributed by atoms with E-state index in [0.29, 0.717) is 32.2 Å². The molecule has 284 valence electrons. The van der Waals surface area contributed by atoms with E-state index in [1.54, 1.807) is 6.92 Å². The molecule has 14 heteroatoms. The molecule has 2 aromatic carbocycles. The third-order valence-corrected chi connectivity index (χ3v) is 10.1. The smallest absolute Gasteiger partial charge is 0.246 e. The number of hydrogen-bond acceptors (Lipinski definition) is 7. The van der Waals surface area contributed by atoms with E-state index in [9.17, 15) is 33.9 Å². The van der Waals surface area contributed by atoms with Crippen LogP contribution in [-0.4, -0.2) is 99.8 Å². The number of aliphatic hydroxyl groups is 1. The lowest BCUT2D eigenvalue weighted by Gasteiger charge is -2.30. The second-order valence-corrected chi connectivity index (χ2v) is 14.0. The van der Waals surface area contributed by atoms with Crippen LogP contribution in [-0.2, 0) is 41.6 Å². The number of para-hydroxylation sites is 1. The molecule has 3 aromatic rings. The predicted octanol–water partition coefficient (Wildman–Crippen LogP) is 1.28. The molecule has 0 spiro atoms. The van der Waals surface area contributed by atoms with Crippen LogP contribution in [0.15, 0.2) is 54.6 Å². The third-order valence-electron chi connectivity index (χ3n) is 10.1. The predicted molar refractivity (Wildman–Crippen MR) is 198 cm³/mol. The molecule has 3 heterocycles. The maximum Gasteiger partial charge on any atom is 0.246 e. The van der Waals surface area contributed by atoms with Gasteiger partial charge in [0.05, 0.1) is 12.5 Å². The zero-order valence-corrected chi connectivity index (χ0v) is 30.6. The highest BCUT2D eigenvalue weighted by Gasteiger charge is 2.39. The molecule has 0 radical (unpaired) electrons. The lowest BCUT2D eigenvalue weighted by Crippen LogP contribution is -2.61. The number of benzene rings is 2. The summed E-state index contributed by atoms with van der Waals surface area (Å²) in [5.74, 6) is -3.20. The van der Waals surface area contributed by atoms with Crippen molar-refractivity contribution in [3.05, 3.63) is 71.4 Å². The zero-order chi connectivity index (χ0) is 38.1. The van der Waals surface area contributed by atoms with Crippen molar-refractivity contribution in [2.24, 2.45) is 0 Å². The molecule has 2 fully saturated rings. The monoisotopic (exact) mass is 729 g/mol. The molecule has 5 rings (SSSR count). The minimum Gasteiger partial charge on any atom is -0.391 e. The van der Waals surface area contributed by atoms with Crippen molar-refractivity contribution in [1.82, 2.24) is 36.5 Å². The summed E-state index contributed by atoms with van der Waals surface area (Å²) in [6.45, 7) is 5.54. The summed E-state index contributed by atoms with van der Waals surface area (Å²) in [6, 6.07) is 11.4. The van der Waals surface area contributed by atoms with Gasteiger partial charge in [-0.1, -0.05) is 55.5 Å². The van der Waals surface area contributed by atoms with Crippen LogP contribution >= 0.6 is 0 Å². The molecule has 53 heavy (non-hydrogen) atoms. The van der Waals surface area contributed by atoms with E-state index in [0.717, 1.165) is 27.7 Å². The molecular weight excluding hydrogens is 678 g/mol. The van der Waals surface area contributed by atoms with Crippen molar-refractivity contribution >= 4 is 46.3 Å². The van der Waals surface area contributed by atoms with E-state index in [1.165, 1.54) is 11.8 Å². The lowest BCUT2D eigenvalue weighted by atomic mass is 10.0.